The molecule has 0 unspecified atom stereocenters. The van der Waals surface area contributed by atoms with Crippen molar-refractivity contribution < 1.29 is 13.9 Å². The van der Waals surface area contributed by atoms with Crippen LogP contribution in [0.3, 0.4) is 0 Å². The van der Waals surface area contributed by atoms with Crippen LogP contribution in [-0.4, -0.2) is 28.5 Å². The summed E-state index contributed by atoms with van der Waals surface area (Å²) in [6.45, 7) is 6.35. The maximum atomic E-state index is 11.3. The molecule has 6 heteroatoms. The lowest BCUT2D eigenvalue weighted by atomic mass is 10.1. The van der Waals surface area contributed by atoms with E-state index < -0.39 is 5.97 Å². The van der Waals surface area contributed by atoms with Crippen molar-refractivity contribution in [2.24, 2.45) is 5.92 Å². The largest absolute Gasteiger partial charge is 0.459 e. The Morgan fingerprint density at radius 3 is 2.65 bits per heavy atom. The highest BCUT2D eigenvalue weighted by atomic mass is 32.2. The van der Waals surface area contributed by atoms with E-state index in [9.17, 15) is 4.79 Å². The highest BCUT2D eigenvalue weighted by Gasteiger charge is 2.16. The molecule has 0 N–H and O–H groups in total. The maximum absolute atomic E-state index is 11.3. The van der Waals surface area contributed by atoms with Crippen LogP contribution in [0.4, 0.5) is 0 Å². The quantitative estimate of drug-likeness (QED) is 0.553. The Morgan fingerprint density at radius 2 is 2.06 bits per heavy atom. The van der Waals surface area contributed by atoms with Crippen LogP contribution in [0, 0.1) is 5.92 Å². The Morgan fingerprint density at radius 1 is 1.35 bits per heavy atom. The van der Waals surface area contributed by atoms with E-state index in [0.29, 0.717) is 17.7 Å². The first-order valence-electron chi connectivity index (χ1n) is 5.84. The SMILES string of the molecule is CCOC(=O)c1nnc(SCC(CC)CC)o1. The maximum Gasteiger partial charge on any atom is 0.396 e. The van der Waals surface area contributed by atoms with Gasteiger partial charge in [-0.25, -0.2) is 4.79 Å². The minimum absolute atomic E-state index is 0.0705. The van der Waals surface area contributed by atoms with E-state index >= 15 is 0 Å². The van der Waals surface area contributed by atoms with Crippen LogP contribution >= 0.6 is 11.8 Å². The third kappa shape index (κ3) is 4.38. The Kier molecular flexibility index (Phi) is 6.04. The summed E-state index contributed by atoms with van der Waals surface area (Å²) in [5.41, 5.74) is 0. The van der Waals surface area contributed by atoms with Gasteiger partial charge in [-0.05, 0) is 12.8 Å². The lowest BCUT2D eigenvalue weighted by Gasteiger charge is -2.08. The average molecular weight is 258 g/mol. The van der Waals surface area contributed by atoms with E-state index in [1.54, 1.807) is 6.92 Å². The number of esters is 1. The van der Waals surface area contributed by atoms with Crippen LogP contribution < -0.4 is 0 Å². The number of carbonyl (C=O) groups excluding carboxylic acids is 1. The predicted octanol–water partition coefficient (Wildman–Crippen LogP) is 2.77. The highest BCUT2D eigenvalue weighted by molar-refractivity contribution is 7.99. The van der Waals surface area contributed by atoms with Gasteiger partial charge in [0.1, 0.15) is 0 Å². The monoisotopic (exact) mass is 258 g/mol. The number of hydrogen-bond acceptors (Lipinski definition) is 6. The van der Waals surface area contributed by atoms with Crippen LogP contribution in [0.2, 0.25) is 0 Å². The number of hydrogen-bond donors (Lipinski definition) is 0. The van der Waals surface area contributed by atoms with Crippen molar-refractivity contribution in [3.63, 3.8) is 0 Å². The van der Waals surface area contributed by atoms with Crippen molar-refractivity contribution in [3.05, 3.63) is 5.89 Å². The number of aromatic nitrogens is 2. The van der Waals surface area contributed by atoms with Crippen LogP contribution in [0.5, 0.6) is 0 Å². The van der Waals surface area contributed by atoms with E-state index in [4.69, 9.17) is 9.15 Å². The van der Waals surface area contributed by atoms with Crippen LogP contribution in [0.25, 0.3) is 0 Å². The zero-order chi connectivity index (χ0) is 12.7. The molecule has 0 bridgehead atoms. The normalized spacial score (nSPS) is 10.8. The number of rotatable bonds is 7. The molecule has 0 aromatic carbocycles. The number of carbonyl (C=O) groups is 1. The standard InChI is InChI=1S/C11H18N2O3S/c1-4-8(5-2)7-17-11-13-12-9(16-11)10(14)15-6-3/h8H,4-7H2,1-3H3. The van der Waals surface area contributed by atoms with Crippen molar-refractivity contribution in [2.75, 3.05) is 12.4 Å². The number of ether oxygens (including phenoxy) is 1. The fourth-order valence-corrected chi connectivity index (χ4v) is 2.34. The average Bonchev–Trinajstić information content (AvgIpc) is 2.79. The number of nitrogens with zero attached hydrogens (tertiary/aromatic N) is 2. The van der Waals surface area contributed by atoms with Gasteiger partial charge in [-0.15, -0.1) is 5.10 Å². The molecule has 0 spiro atoms. The summed E-state index contributed by atoms with van der Waals surface area (Å²) < 4.78 is 9.97. The van der Waals surface area contributed by atoms with E-state index in [0.717, 1.165) is 18.6 Å². The third-order valence-electron chi connectivity index (χ3n) is 2.45. The highest BCUT2D eigenvalue weighted by Crippen LogP contribution is 2.22. The molecule has 96 valence electrons. The topological polar surface area (TPSA) is 65.2 Å². The fourth-order valence-electron chi connectivity index (χ4n) is 1.26. The van der Waals surface area contributed by atoms with Gasteiger partial charge in [-0.2, -0.15) is 0 Å². The molecule has 0 saturated heterocycles. The Labute approximate surface area is 105 Å². The number of thioether (sulfide) groups is 1. The van der Waals surface area contributed by atoms with Gasteiger partial charge < -0.3 is 9.15 Å². The summed E-state index contributed by atoms with van der Waals surface area (Å²) >= 11 is 1.49. The van der Waals surface area contributed by atoms with Gasteiger partial charge in [-0.1, -0.05) is 43.5 Å². The molecule has 0 radical (unpaired) electrons. The first-order valence-corrected chi connectivity index (χ1v) is 6.83. The van der Waals surface area contributed by atoms with Crippen molar-refractivity contribution in [3.8, 4) is 0 Å². The van der Waals surface area contributed by atoms with E-state index in [1.165, 1.54) is 11.8 Å². The minimum atomic E-state index is -0.561. The molecule has 17 heavy (non-hydrogen) atoms. The Balaban J connectivity index is 2.48. The summed E-state index contributed by atoms with van der Waals surface area (Å²) in [6, 6.07) is 0. The third-order valence-corrected chi connectivity index (χ3v) is 3.50. The summed E-state index contributed by atoms with van der Waals surface area (Å²) in [5, 5.41) is 7.89. The molecular formula is C11H18N2O3S. The smallest absolute Gasteiger partial charge is 0.396 e. The van der Waals surface area contributed by atoms with Crippen LogP contribution in [-0.2, 0) is 4.74 Å². The molecule has 1 rings (SSSR count). The van der Waals surface area contributed by atoms with Crippen LogP contribution in [0.1, 0.15) is 44.3 Å². The molecule has 1 aromatic rings. The van der Waals surface area contributed by atoms with Gasteiger partial charge in [0.15, 0.2) is 0 Å². The van der Waals surface area contributed by atoms with E-state index in [1.807, 2.05) is 0 Å². The van der Waals surface area contributed by atoms with E-state index in [2.05, 4.69) is 24.0 Å². The molecule has 0 fully saturated rings. The van der Waals surface area contributed by atoms with Gasteiger partial charge in [0.2, 0.25) is 0 Å². The summed E-state index contributed by atoms with van der Waals surface area (Å²) in [5.74, 6) is 0.934. The molecule has 0 amide bonds. The Bertz CT molecular complexity index is 350. The molecule has 0 atom stereocenters. The second kappa shape index (κ2) is 7.32. The zero-order valence-corrected chi connectivity index (χ0v) is 11.2. The molecular weight excluding hydrogens is 240 g/mol. The molecule has 0 saturated carbocycles. The van der Waals surface area contributed by atoms with Gasteiger partial charge in [0.25, 0.3) is 5.22 Å². The fraction of sp³-hybridized carbons (Fsp3) is 0.727. The molecule has 0 aliphatic rings. The molecule has 0 aliphatic carbocycles. The molecule has 0 aliphatic heterocycles. The molecule has 1 aromatic heterocycles. The molecule has 5 nitrogen and oxygen atoms in total. The molecule has 1 heterocycles. The van der Waals surface area contributed by atoms with Crippen molar-refractivity contribution in [2.45, 2.75) is 38.8 Å². The van der Waals surface area contributed by atoms with E-state index in [-0.39, 0.29) is 5.89 Å². The van der Waals surface area contributed by atoms with Gasteiger partial charge >= 0.3 is 11.9 Å². The summed E-state index contributed by atoms with van der Waals surface area (Å²) in [6.07, 6.45) is 2.25. The predicted molar refractivity (Wildman–Crippen MR) is 65.1 cm³/mol. The Hall–Kier alpha value is -1.04. The summed E-state index contributed by atoms with van der Waals surface area (Å²) in [7, 11) is 0. The van der Waals surface area contributed by atoms with Gasteiger partial charge in [0, 0.05) is 5.75 Å². The zero-order valence-electron chi connectivity index (χ0n) is 10.4. The van der Waals surface area contributed by atoms with Crippen molar-refractivity contribution >= 4 is 17.7 Å². The second-order valence-electron chi connectivity index (χ2n) is 3.59. The van der Waals surface area contributed by atoms with Gasteiger partial charge in [0.05, 0.1) is 6.61 Å². The van der Waals surface area contributed by atoms with Crippen molar-refractivity contribution in [1.82, 2.24) is 10.2 Å². The summed E-state index contributed by atoms with van der Waals surface area (Å²) in [4.78, 5) is 11.3. The van der Waals surface area contributed by atoms with Crippen LogP contribution in [0.15, 0.2) is 9.64 Å². The minimum Gasteiger partial charge on any atom is -0.459 e. The second-order valence-corrected chi connectivity index (χ2v) is 4.56. The van der Waals surface area contributed by atoms with Crippen molar-refractivity contribution in [1.29, 1.82) is 0 Å². The van der Waals surface area contributed by atoms with Gasteiger partial charge in [-0.3, -0.25) is 0 Å². The first kappa shape index (κ1) is 14.0. The first-order chi connectivity index (χ1) is 8.21. The lowest BCUT2D eigenvalue weighted by molar-refractivity contribution is 0.0475. The lowest BCUT2D eigenvalue weighted by Crippen LogP contribution is -2.04.